The van der Waals surface area contributed by atoms with E-state index in [1.54, 1.807) is 6.07 Å². The van der Waals surface area contributed by atoms with Crippen LogP contribution in [0.2, 0.25) is 5.02 Å². The van der Waals surface area contributed by atoms with E-state index in [9.17, 15) is 4.79 Å². The first kappa shape index (κ1) is 16.1. The fourth-order valence-electron chi connectivity index (χ4n) is 2.56. The van der Waals surface area contributed by atoms with Crippen molar-refractivity contribution >= 4 is 17.5 Å². The number of halogens is 1. The molecule has 1 heterocycles. The number of likely N-dealkylation sites (tertiary alicyclic amines) is 1. The Morgan fingerprint density at radius 1 is 1.48 bits per heavy atom. The molecule has 5 heteroatoms. The van der Waals surface area contributed by atoms with Gasteiger partial charge in [-0.15, -0.1) is 0 Å². The van der Waals surface area contributed by atoms with Crippen molar-refractivity contribution in [1.82, 2.24) is 10.2 Å². The standard InChI is InChI=1S/C16H23ClN2O2/c1-18-13-6-4-10-19(12-13)16(20)9-5-11-21-15-8-3-2-7-14(15)17/h2-3,7-8,13,18H,4-6,9-12H2,1H3/t13-/m0/s1. The van der Waals surface area contributed by atoms with Gasteiger partial charge in [0.05, 0.1) is 11.6 Å². The molecule has 0 aromatic heterocycles. The normalized spacial score (nSPS) is 18.6. The van der Waals surface area contributed by atoms with E-state index >= 15 is 0 Å². The molecule has 116 valence electrons. The topological polar surface area (TPSA) is 41.6 Å². The molecule has 1 fully saturated rings. The van der Waals surface area contributed by atoms with Crippen LogP contribution in [0.4, 0.5) is 0 Å². The monoisotopic (exact) mass is 310 g/mol. The first-order chi connectivity index (χ1) is 10.2. The maximum absolute atomic E-state index is 12.2. The van der Waals surface area contributed by atoms with E-state index in [2.05, 4.69) is 5.32 Å². The van der Waals surface area contributed by atoms with Crippen LogP contribution in [-0.4, -0.2) is 43.6 Å². The van der Waals surface area contributed by atoms with Gasteiger partial charge in [0.15, 0.2) is 0 Å². The Kier molecular flexibility index (Phi) is 6.33. The highest BCUT2D eigenvalue weighted by Crippen LogP contribution is 2.23. The van der Waals surface area contributed by atoms with E-state index in [0.29, 0.717) is 36.3 Å². The molecule has 1 aliphatic rings. The van der Waals surface area contributed by atoms with Gasteiger partial charge in [-0.3, -0.25) is 4.79 Å². The van der Waals surface area contributed by atoms with Crippen LogP contribution >= 0.6 is 11.6 Å². The second-order valence-corrected chi connectivity index (χ2v) is 5.76. The molecule has 0 unspecified atom stereocenters. The minimum atomic E-state index is 0.220. The van der Waals surface area contributed by atoms with Gasteiger partial charge < -0.3 is 15.0 Å². The number of benzene rings is 1. The summed E-state index contributed by atoms with van der Waals surface area (Å²) >= 11 is 6.01. The second kappa shape index (κ2) is 8.25. The zero-order chi connectivity index (χ0) is 15.1. The SMILES string of the molecule is CN[C@H]1CCCN(C(=O)CCCOc2ccccc2Cl)C1. The number of rotatable bonds is 6. The second-order valence-electron chi connectivity index (χ2n) is 5.35. The third-order valence-corrected chi connectivity index (χ3v) is 4.12. The maximum atomic E-state index is 12.2. The van der Waals surface area contributed by atoms with Gasteiger partial charge in [0, 0.05) is 25.6 Å². The van der Waals surface area contributed by atoms with E-state index in [0.717, 1.165) is 25.9 Å². The number of nitrogens with zero attached hydrogens (tertiary/aromatic N) is 1. The van der Waals surface area contributed by atoms with E-state index in [1.807, 2.05) is 30.1 Å². The van der Waals surface area contributed by atoms with Crippen LogP contribution in [0.3, 0.4) is 0 Å². The number of hydrogen-bond acceptors (Lipinski definition) is 3. The van der Waals surface area contributed by atoms with Crippen LogP contribution in [0.5, 0.6) is 5.75 Å². The molecule has 0 spiro atoms. The molecule has 1 aromatic carbocycles. The molecule has 21 heavy (non-hydrogen) atoms. The van der Waals surface area contributed by atoms with E-state index < -0.39 is 0 Å². The lowest BCUT2D eigenvalue weighted by atomic mass is 10.1. The molecule has 1 N–H and O–H groups in total. The molecule has 0 aliphatic carbocycles. The first-order valence-corrected chi connectivity index (χ1v) is 7.91. The average Bonchev–Trinajstić information content (AvgIpc) is 2.53. The predicted octanol–water partition coefficient (Wildman–Crippen LogP) is 2.71. The molecule has 0 bridgehead atoms. The summed E-state index contributed by atoms with van der Waals surface area (Å²) in [5, 5.41) is 3.86. The van der Waals surface area contributed by atoms with Crippen LogP contribution in [0.1, 0.15) is 25.7 Å². The third kappa shape index (κ3) is 4.90. The zero-order valence-electron chi connectivity index (χ0n) is 12.5. The number of hydrogen-bond donors (Lipinski definition) is 1. The van der Waals surface area contributed by atoms with Crippen molar-refractivity contribution in [1.29, 1.82) is 0 Å². The number of carbonyl (C=O) groups is 1. The third-order valence-electron chi connectivity index (χ3n) is 3.81. The Morgan fingerprint density at radius 2 is 2.29 bits per heavy atom. The molecule has 2 rings (SSSR count). The molecule has 1 aromatic rings. The van der Waals surface area contributed by atoms with Crippen LogP contribution in [0.15, 0.2) is 24.3 Å². The highest BCUT2D eigenvalue weighted by atomic mass is 35.5. The lowest BCUT2D eigenvalue weighted by Gasteiger charge is -2.32. The number of nitrogens with one attached hydrogen (secondary N) is 1. The van der Waals surface area contributed by atoms with Crippen molar-refractivity contribution in [2.45, 2.75) is 31.7 Å². The highest BCUT2D eigenvalue weighted by molar-refractivity contribution is 6.32. The lowest BCUT2D eigenvalue weighted by Crippen LogP contribution is -2.46. The summed E-state index contributed by atoms with van der Waals surface area (Å²) in [5.41, 5.74) is 0. The minimum Gasteiger partial charge on any atom is -0.492 e. The van der Waals surface area contributed by atoms with Gasteiger partial charge in [-0.25, -0.2) is 0 Å². The van der Waals surface area contributed by atoms with Crippen LogP contribution in [0.25, 0.3) is 0 Å². The Hall–Kier alpha value is -1.26. The van der Waals surface area contributed by atoms with Gasteiger partial charge in [-0.1, -0.05) is 23.7 Å². The maximum Gasteiger partial charge on any atom is 0.222 e. The summed E-state index contributed by atoms with van der Waals surface area (Å²) < 4.78 is 5.60. The summed E-state index contributed by atoms with van der Waals surface area (Å²) in [5.74, 6) is 0.901. The predicted molar refractivity (Wildman–Crippen MR) is 84.8 cm³/mol. The van der Waals surface area contributed by atoms with Crippen molar-refractivity contribution in [3.63, 3.8) is 0 Å². The Balaban J connectivity index is 1.68. The Bertz CT molecular complexity index is 467. The summed E-state index contributed by atoms with van der Waals surface area (Å²) in [7, 11) is 1.95. The molecule has 1 amide bonds. The summed E-state index contributed by atoms with van der Waals surface area (Å²) in [6, 6.07) is 7.83. The number of para-hydroxylation sites is 1. The van der Waals surface area contributed by atoms with Gasteiger partial charge in [-0.2, -0.15) is 0 Å². The fourth-order valence-corrected chi connectivity index (χ4v) is 2.76. The summed E-state index contributed by atoms with van der Waals surface area (Å²) in [6.45, 7) is 2.21. The number of carbonyl (C=O) groups excluding carboxylic acids is 1. The number of amides is 1. The van der Waals surface area contributed by atoms with E-state index in [4.69, 9.17) is 16.3 Å². The molecule has 0 saturated carbocycles. The van der Waals surface area contributed by atoms with Crippen molar-refractivity contribution in [2.24, 2.45) is 0 Å². The van der Waals surface area contributed by atoms with Gasteiger partial charge in [-0.05, 0) is 38.4 Å². The van der Waals surface area contributed by atoms with E-state index in [1.165, 1.54) is 0 Å². The molecule has 0 radical (unpaired) electrons. The summed E-state index contributed by atoms with van der Waals surface area (Å²) in [4.78, 5) is 14.1. The number of ether oxygens (including phenoxy) is 1. The van der Waals surface area contributed by atoms with Gasteiger partial charge in [0.1, 0.15) is 5.75 Å². The van der Waals surface area contributed by atoms with Gasteiger partial charge in [0.25, 0.3) is 0 Å². The van der Waals surface area contributed by atoms with Crippen LogP contribution in [-0.2, 0) is 4.79 Å². The van der Waals surface area contributed by atoms with Crippen molar-refractivity contribution < 1.29 is 9.53 Å². The minimum absolute atomic E-state index is 0.220. The Morgan fingerprint density at radius 3 is 3.05 bits per heavy atom. The Labute approximate surface area is 131 Å². The largest absolute Gasteiger partial charge is 0.492 e. The fraction of sp³-hybridized carbons (Fsp3) is 0.562. The van der Waals surface area contributed by atoms with Crippen LogP contribution < -0.4 is 10.1 Å². The quantitative estimate of drug-likeness (QED) is 0.821. The van der Waals surface area contributed by atoms with Crippen molar-refractivity contribution in [3.05, 3.63) is 29.3 Å². The van der Waals surface area contributed by atoms with Gasteiger partial charge >= 0.3 is 0 Å². The van der Waals surface area contributed by atoms with Crippen molar-refractivity contribution in [3.8, 4) is 5.75 Å². The highest BCUT2D eigenvalue weighted by Gasteiger charge is 2.21. The molecule has 1 atom stereocenters. The molecule has 1 saturated heterocycles. The average molecular weight is 311 g/mol. The lowest BCUT2D eigenvalue weighted by molar-refractivity contribution is -0.132. The smallest absolute Gasteiger partial charge is 0.222 e. The molecular weight excluding hydrogens is 288 g/mol. The molecular formula is C16H23ClN2O2. The molecule has 4 nitrogen and oxygen atoms in total. The van der Waals surface area contributed by atoms with Crippen molar-refractivity contribution in [2.75, 3.05) is 26.7 Å². The first-order valence-electron chi connectivity index (χ1n) is 7.53. The zero-order valence-corrected chi connectivity index (χ0v) is 13.2. The molecule has 1 aliphatic heterocycles. The van der Waals surface area contributed by atoms with Crippen LogP contribution in [0, 0.1) is 0 Å². The summed E-state index contributed by atoms with van der Waals surface area (Å²) in [6.07, 6.45) is 3.47. The van der Waals surface area contributed by atoms with E-state index in [-0.39, 0.29) is 5.91 Å². The van der Waals surface area contributed by atoms with Gasteiger partial charge in [0.2, 0.25) is 5.91 Å². The number of piperidine rings is 1. The number of likely N-dealkylation sites (N-methyl/N-ethyl adjacent to an activating group) is 1.